The summed E-state index contributed by atoms with van der Waals surface area (Å²) in [6.45, 7) is 1.20. The summed E-state index contributed by atoms with van der Waals surface area (Å²) in [5.74, 6) is 0.863. The number of methoxy groups -OCH3 is 1. The van der Waals surface area contributed by atoms with Crippen molar-refractivity contribution >= 4 is 5.91 Å². The van der Waals surface area contributed by atoms with Crippen molar-refractivity contribution in [1.29, 1.82) is 0 Å². The van der Waals surface area contributed by atoms with Gasteiger partial charge in [0.1, 0.15) is 11.6 Å². The number of hydrogen-bond donors (Lipinski definition) is 0. The Morgan fingerprint density at radius 3 is 2.55 bits per heavy atom. The van der Waals surface area contributed by atoms with E-state index in [9.17, 15) is 18.0 Å². The Hall–Kier alpha value is -3.33. The molecule has 33 heavy (non-hydrogen) atoms. The summed E-state index contributed by atoms with van der Waals surface area (Å²) < 4.78 is 47.1. The normalized spacial score (nSPS) is 11.6. The fraction of sp³-hybridized carbons (Fsp3) is 0.333. The van der Waals surface area contributed by atoms with Crippen LogP contribution in [0.5, 0.6) is 5.75 Å². The van der Waals surface area contributed by atoms with Crippen LogP contribution in [0.25, 0.3) is 0 Å². The first-order chi connectivity index (χ1) is 15.7. The molecule has 0 spiro atoms. The molecule has 2 aromatic carbocycles. The zero-order valence-electron chi connectivity index (χ0n) is 18.8. The minimum Gasteiger partial charge on any atom is -0.497 e. The molecule has 6 nitrogen and oxygen atoms in total. The number of hydrogen-bond acceptors (Lipinski definition) is 4. The largest absolute Gasteiger partial charge is 0.497 e. The van der Waals surface area contributed by atoms with E-state index in [-0.39, 0.29) is 24.6 Å². The van der Waals surface area contributed by atoms with Gasteiger partial charge in [0, 0.05) is 37.6 Å². The van der Waals surface area contributed by atoms with Gasteiger partial charge >= 0.3 is 6.18 Å². The number of nitrogens with zero attached hydrogens (tertiary/aromatic N) is 4. The van der Waals surface area contributed by atoms with Crippen molar-refractivity contribution in [2.45, 2.75) is 19.3 Å². The Labute approximate surface area is 191 Å². The lowest BCUT2D eigenvalue weighted by atomic mass is 10.1. The number of halogens is 3. The average molecular weight is 461 g/mol. The molecule has 1 heterocycles. The molecule has 0 N–H and O–H groups in total. The SMILES string of the molecule is COc1cccc(C(=O)N(CCN(C)C)Cc2nccn2Cc2ccccc2C(F)(F)F)c1. The van der Waals surface area contributed by atoms with E-state index >= 15 is 0 Å². The highest BCUT2D eigenvalue weighted by Gasteiger charge is 2.33. The lowest BCUT2D eigenvalue weighted by Gasteiger charge is -2.25. The maximum atomic E-state index is 13.4. The Kier molecular flexibility index (Phi) is 7.75. The van der Waals surface area contributed by atoms with Crippen molar-refractivity contribution < 1.29 is 22.7 Å². The number of alkyl halides is 3. The zero-order chi connectivity index (χ0) is 24.0. The molecule has 176 valence electrons. The second-order valence-electron chi connectivity index (χ2n) is 7.89. The van der Waals surface area contributed by atoms with Gasteiger partial charge in [0.15, 0.2) is 0 Å². The number of likely N-dealkylation sites (N-methyl/N-ethyl adjacent to an activating group) is 1. The number of aromatic nitrogens is 2. The fourth-order valence-corrected chi connectivity index (χ4v) is 3.44. The molecule has 1 amide bonds. The third kappa shape index (κ3) is 6.35. The molecule has 1 aromatic heterocycles. The number of benzene rings is 2. The Morgan fingerprint density at radius 1 is 1.09 bits per heavy atom. The molecule has 0 atom stereocenters. The minimum absolute atomic E-state index is 0.000112. The smallest absolute Gasteiger partial charge is 0.416 e. The molecule has 0 aliphatic carbocycles. The summed E-state index contributed by atoms with van der Waals surface area (Å²) >= 11 is 0. The zero-order valence-corrected chi connectivity index (χ0v) is 18.8. The van der Waals surface area contributed by atoms with Crippen LogP contribution >= 0.6 is 0 Å². The lowest BCUT2D eigenvalue weighted by Crippen LogP contribution is -2.37. The summed E-state index contributed by atoms with van der Waals surface area (Å²) in [5, 5.41) is 0. The molecule has 0 saturated heterocycles. The maximum Gasteiger partial charge on any atom is 0.416 e. The Balaban J connectivity index is 1.86. The predicted octanol–water partition coefficient (Wildman–Crippen LogP) is 4.16. The average Bonchev–Trinajstić information content (AvgIpc) is 3.22. The summed E-state index contributed by atoms with van der Waals surface area (Å²) in [7, 11) is 5.34. The third-order valence-corrected chi connectivity index (χ3v) is 5.22. The molecule has 3 aromatic rings. The van der Waals surface area contributed by atoms with Crippen LogP contribution in [0.15, 0.2) is 60.9 Å². The number of carbonyl (C=O) groups is 1. The van der Waals surface area contributed by atoms with Crippen LogP contribution in [0.4, 0.5) is 13.2 Å². The fourth-order valence-electron chi connectivity index (χ4n) is 3.44. The van der Waals surface area contributed by atoms with Gasteiger partial charge in [-0.15, -0.1) is 0 Å². The molecular formula is C24H27F3N4O2. The molecule has 0 radical (unpaired) electrons. The van der Waals surface area contributed by atoms with Gasteiger partial charge in [0.25, 0.3) is 5.91 Å². The van der Waals surface area contributed by atoms with E-state index in [0.717, 1.165) is 6.07 Å². The third-order valence-electron chi connectivity index (χ3n) is 5.22. The quantitative estimate of drug-likeness (QED) is 0.481. The molecule has 0 aliphatic heterocycles. The summed E-state index contributed by atoms with van der Waals surface area (Å²) in [4.78, 5) is 21.2. The van der Waals surface area contributed by atoms with Gasteiger partial charge in [-0.2, -0.15) is 13.2 Å². The monoisotopic (exact) mass is 460 g/mol. The highest BCUT2D eigenvalue weighted by Crippen LogP contribution is 2.32. The van der Waals surface area contributed by atoms with Crippen molar-refractivity contribution in [2.75, 3.05) is 34.3 Å². The number of rotatable bonds is 9. The predicted molar refractivity (Wildman–Crippen MR) is 119 cm³/mol. The Morgan fingerprint density at radius 2 is 1.85 bits per heavy atom. The van der Waals surface area contributed by atoms with E-state index in [1.807, 2.05) is 19.0 Å². The van der Waals surface area contributed by atoms with Gasteiger partial charge in [-0.1, -0.05) is 24.3 Å². The molecule has 3 rings (SSSR count). The lowest BCUT2D eigenvalue weighted by molar-refractivity contribution is -0.138. The van der Waals surface area contributed by atoms with Crippen LogP contribution in [-0.2, 0) is 19.3 Å². The van der Waals surface area contributed by atoms with Crippen molar-refractivity contribution in [3.8, 4) is 5.75 Å². The molecule has 0 unspecified atom stereocenters. The van der Waals surface area contributed by atoms with Crippen LogP contribution in [0, 0.1) is 0 Å². The van der Waals surface area contributed by atoms with Crippen molar-refractivity contribution in [2.24, 2.45) is 0 Å². The summed E-state index contributed by atoms with van der Waals surface area (Å²) in [6, 6.07) is 12.3. The molecule has 0 bridgehead atoms. The van der Waals surface area contributed by atoms with Crippen molar-refractivity contribution in [1.82, 2.24) is 19.4 Å². The van der Waals surface area contributed by atoms with E-state index in [1.165, 1.54) is 25.4 Å². The highest BCUT2D eigenvalue weighted by atomic mass is 19.4. The van der Waals surface area contributed by atoms with Gasteiger partial charge in [0.05, 0.1) is 19.2 Å². The highest BCUT2D eigenvalue weighted by molar-refractivity contribution is 5.94. The molecule has 0 aliphatic rings. The van der Waals surface area contributed by atoms with E-state index < -0.39 is 11.7 Å². The van der Waals surface area contributed by atoms with Crippen LogP contribution < -0.4 is 4.74 Å². The molecule has 0 saturated carbocycles. The van der Waals surface area contributed by atoms with Crippen molar-refractivity contribution in [3.05, 3.63) is 83.4 Å². The van der Waals surface area contributed by atoms with Gasteiger partial charge in [0.2, 0.25) is 0 Å². The van der Waals surface area contributed by atoms with E-state index in [0.29, 0.717) is 30.2 Å². The van der Waals surface area contributed by atoms with Gasteiger partial charge in [-0.3, -0.25) is 4.79 Å². The minimum atomic E-state index is -4.45. The summed E-state index contributed by atoms with van der Waals surface area (Å²) in [5.41, 5.74) is -0.0709. The number of ether oxygens (including phenoxy) is 1. The van der Waals surface area contributed by atoms with Crippen LogP contribution in [0.1, 0.15) is 27.3 Å². The topological polar surface area (TPSA) is 50.6 Å². The van der Waals surface area contributed by atoms with E-state index in [1.54, 1.807) is 46.0 Å². The van der Waals surface area contributed by atoms with Crippen molar-refractivity contribution in [3.63, 3.8) is 0 Å². The second-order valence-corrected chi connectivity index (χ2v) is 7.89. The first-order valence-corrected chi connectivity index (χ1v) is 10.4. The first kappa shape index (κ1) is 24.3. The first-order valence-electron chi connectivity index (χ1n) is 10.4. The summed E-state index contributed by atoms with van der Waals surface area (Å²) in [6.07, 6.45) is -1.29. The Bertz CT molecular complexity index is 1080. The maximum absolute atomic E-state index is 13.4. The molecular weight excluding hydrogens is 433 g/mol. The second kappa shape index (κ2) is 10.5. The van der Waals surface area contributed by atoms with Crippen LogP contribution in [0.2, 0.25) is 0 Å². The molecule has 0 fully saturated rings. The van der Waals surface area contributed by atoms with Gasteiger partial charge in [-0.05, 0) is 43.9 Å². The van der Waals surface area contributed by atoms with Gasteiger partial charge < -0.3 is 19.1 Å². The van der Waals surface area contributed by atoms with Gasteiger partial charge in [-0.25, -0.2) is 4.98 Å². The van der Waals surface area contributed by atoms with E-state index in [4.69, 9.17) is 4.74 Å². The number of carbonyl (C=O) groups excluding carboxylic acids is 1. The van der Waals surface area contributed by atoms with Crippen LogP contribution in [-0.4, -0.2) is 59.6 Å². The molecule has 9 heteroatoms. The van der Waals surface area contributed by atoms with Crippen LogP contribution in [0.3, 0.4) is 0 Å². The standard InChI is InChI=1S/C24H27F3N4O2/c1-29(2)13-14-31(23(32)18-8-6-9-20(15-18)33-3)17-22-28-11-12-30(22)16-19-7-4-5-10-21(19)24(25,26)27/h4-12,15H,13-14,16-17H2,1-3H3. The number of amides is 1. The number of imidazole rings is 1. The van der Waals surface area contributed by atoms with E-state index in [2.05, 4.69) is 4.98 Å².